The first-order valence-electron chi connectivity index (χ1n) is 5.94. The second kappa shape index (κ2) is 4.06. The van der Waals surface area contributed by atoms with Crippen LogP contribution in [0, 0.1) is 16.7 Å². The smallest absolute Gasteiger partial charge is 0.238 e. The standard InChI is InChI=1S/C12H19N3O/c1-12(2)7-14-11(16)10(5-6-13)15(8-12)9-3-4-9/h9-10H,3-5,7-8H2,1-2H3,(H,14,16). The fourth-order valence-corrected chi connectivity index (χ4v) is 2.34. The molecule has 16 heavy (non-hydrogen) atoms. The minimum Gasteiger partial charge on any atom is -0.354 e. The van der Waals surface area contributed by atoms with Gasteiger partial charge in [-0.1, -0.05) is 13.8 Å². The van der Waals surface area contributed by atoms with Crippen LogP contribution in [-0.2, 0) is 4.79 Å². The molecule has 2 fully saturated rings. The Balaban J connectivity index is 2.18. The molecule has 1 unspecified atom stereocenters. The summed E-state index contributed by atoms with van der Waals surface area (Å²) in [7, 11) is 0. The van der Waals surface area contributed by atoms with Gasteiger partial charge in [0.05, 0.1) is 12.5 Å². The second-order valence-electron chi connectivity index (χ2n) is 5.66. The summed E-state index contributed by atoms with van der Waals surface area (Å²) < 4.78 is 0. The van der Waals surface area contributed by atoms with Gasteiger partial charge in [-0.15, -0.1) is 0 Å². The van der Waals surface area contributed by atoms with Crippen molar-refractivity contribution in [2.24, 2.45) is 5.41 Å². The fraction of sp³-hybridized carbons (Fsp3) is 0.833. The molecule has 0 radical (unpaired) electrons. The maximum absolute atomic E-state index is 11.9. The Bertz CT molecular complexity index is 328. The van der Waals surface area contributed by atoms with E-state index < -0.39 is 0 Å². The van der Waals surface area contributed by atoms with E-state index in [-0.39, 0.29) is 17.4 Å². The maximum Gasteiger partial charge on any atom is 0.238 e. The molecule has 0 aromatic rings. The van der Waals surface area contributed by atoms with Crippen molar-refractivity contribution in [2.45, 2.75) is 45.2 Å². The summed E-state index contributed by atoms with van der Waals surface area (Å²) in [6.07, 6.45) is 2.65. The van der Waals surface area contributed by atoms with Gasteiger partial charge in [-0.25, -0.2) is 0 Å². The highest BCUT2D eigenvalue weighted by Gasteiger charge is 2.42. The lowest BCUT2D eigenvalue weighted by molar-refractivity contribution is -0.125. The lowest BCUT2D eigenvalue weighted by Crippen LogP contribution is -2.45. The van der Waals surface area contributed by atoms with E-state index in [0.717, 1.165) is 6.54 Å². The highest BCUT2D eigenvalue weighted by atomic mass is 16.2. The molecule has 1 heterocycles. The van der Waals surface area contributed by atoms with Crippen LogP contribution in [-0.4, -0.2) is 36.0 Å². The SMILES string of the molecule is CC1(C)CNC(=O)C(CC#N)N(C2CC2)C1. The van der Waals surface area contributed by atoms with Gasteiger partial charge in [0.2, 0.25) is 5.91 Å². The number of nitriles is 1. The average molecular weight is 221 g/mol. The predicted octanol–water partition coefficient (Wildman–Crippen LogP) is 0.889. The topological polar surface area (TPSA) is 56.1 Å². The normalized spacial score (nSPS) is 30.3. The van der Waals surface area contributed by atoms with E-state index in [1.54, 1.807) is 0 Å². The highest BCUT2D eigenvalue weighted by molar-refractivity contribution is 5.82. The summed E-state index contributed by atoms with van der Waals surface area (Å²) in [6, 6.07) is 2.43. The number of carbonyl (C=O) groups excluding carboxylic acids is 1. The molecule has 4 heteroatoms. The zero-order chi connectivity index (χ0) is 11.8. The molecule has 1 atom stereocenters. The number of nitrogens with one attached hydrogen (secondary N) is 1. The van der Waals surface area contributed by atoms with E-state index >= 15 is 0 Å². The molecule has 1 saturated carbocycles. The van der Waals surface area contributed by atoms with Gasteiger partial charge < -0.3 is 5.32 Å². The van der Waals surface area contributed by atoms with Gasteiger partial charge in [-0.2, -0.15) is 5.26 Å². The summed E-state index contributed by atoms with van der Waals surface area (Å²) in [5.41, 5.74) is 0.0997. The number of hydrogen-bond donors (Lipinski definition) is 1. The van der Waals surface area contributed by atoms with Crippen molar-refractivity contribution >= 4 is 5.91 Å². The minimum absolute atomic E-state index is 0.0269. The summed E-state index contributed by atoms with van der Waals surface area (Å²) >= 11 is 0. The summed E-state index contributed by atoms with van der Waals surface area (Å²) in [5.74, 6) is 0.0269. The Hall–Kier alpha value is -1.08. The van der Waals surface area contributed by atoms with Crippen molar-refractivity contribution in [3.05, 3.63) is 0 Å². The third kappa shape index (κ3) is 2.35. The van der Waals surface area contributed by atoms with E-state index in [9.17, 15) is 4.79 Å². The van der Waals surface area contributed by atoms with Crippen LogP contribution < -0.4 is 5.32 Å². The molecule has 1 N–H and O–H groups in total. The van der Waals surface area contributed by atoms with Crippen LogP contribution in [0.5, 0.6) is 0 Å². The molecule has 1 amide bonds. The first kappa shape index (κ1) is 11.4. The van der Waals surface area contributed by atoms with E-state index in [2.05, 4.69) is 30.1 Å². The minimum atomic E-state index is -0.237. The quantitative estimate of drug-likeness (QED) is 0.753. The predicted molar refractivity (Wildman–Crippen MR) is 60.5 cm³/mol. The Labute approximate surface area is 96.6 Å². The Morgan fingerprint density at radius 2 is 2.25 bits per heavy atom. The molecule has 1 aliphatic heterocycles. The van der Waals surface area contributed by atoms with E-state index in [4.69, 9.17) is 5.26 Å². The van der Waals surface area contributed by atoms with Gasteiger partial charge in [0.25, 0.3) is 0 Å². The van der Waals surface area contributed by atoms with Crippen molar-refractivity contribution in [1.29, 1.82) is 5.26 Å². The molecular formula is C12H19N3O. The number of nitrogens with zero attached hydrogens (tertiary/aromatic N) is 2. The zero-order valence-electron chi connectivity index (χ0n) is 9.99. The van der Waals surface area contributed by atoms with E-state index in [1.807, 2.05) is 0 Å². The van der Waals surface area contributed by atoms with Gasteiger partial charge in [0.15, 0.2) is 0 Å². The van der Waals surface area contributed by atoms with Crippen molar-refractivity contribution in [1.82, 2.24) is 10.2 Å². The Morgan fingerprint density at radius 3 is 2.81 bits per heavy atom. The largest absolute Gasteiger partial charge is 0.354 e. The average Bonchev–Trinajstić information content (AvgIpc) is 3.02. The third-order valence-corrected chi connectivity index (χ3v) is 3.36. The molecule has 88 valence electrons. The molecule has 1 saturated heterocycles. The number of amides is 1. The molecule has 0 bridgehead atoms. The van der Waals surface area contributed by atoms with Gasteiger partial charge in [-0.3, -0.25) is 9.69 Å². The van der Waals surface area contributed by atoms with Crippen LogP contribution in [0.2, 0.25) is 0 Å². The first-order valence-corrected chi connectivity index (χ1v) is 5.94. The molecule has 2 rings (SSSR count). The number of rotatable bonds is 2. The summed E-state index contributed by atoms with van der Waals surface area (Å²) in [6.45, 7) is 5.94. The Kier molecular flexibility index (Phi) is 2.90. The van der Waals surface area contributed by atoms with Crippen molar-refractivity contribution < 1.29 is 4.79 Å². The molecule has 4 nitrogen and oxygen atoms in total. The molecular weight excluding hydrogens is 202 g/mol. The summed E-state index contributed by atoms with van der Waals surface area (Å²) in [4.78, 5) is 14.2. The van der Waals surface area contributed by atoms with Crippen LogP contribution in [0.15, 0.2) is 0 Å². The van der Waals surface area contributed by atoms with Gasteiger partial charge in [0, 0.05) is 19.1 Å². The molecule has 1 aliphatic carbocycles. The monoisotopic (exact) mass is 221 g/mol. The zero-order valence-corrected chi connectivity index (χ0v) is 9.99. The second-order valence-corrected chi connectivity index (χ2v) is 5.66. The van der Waals surface area contributed by atoms with Crippen molar-refractivity contribution in [3.63, 3.8) is 0 Å². The van der Waals surface area contributed by atoms with Crippen molar-refractivity contribution in [2.75, 3.05) is 13.1 Å². The van der Waals surface area contributed by atoms with Crippen LogP contribution >= 0.6 is 0 Å². The molecule has 0 spiro atoms. The summed E-state index contributed by atoms with van der Waals surface area (Å²) in [5, 5.41) is 11.8. The molecule has 0 aromatic heterocycles. The first-order chi connectivity index (χ1) is 7.53. The highest BCUT2D eigenvalue weighted by Crippen LogP contribution is 2.33. The lowest BCUT2D eigenvalue weighted by Gasteiger charge is -2.31. The fourth-order valence-electron chi connectivity index (χ4n) is 2.34. The van der Waals surface area contributed by atoms with Crippen LogP contribution in [0.3, 0.4) is 0 Å². The van der Waals surface area contributed by atoms with E-state index in [1.165, 1.54) is 12.8 Å². The number of hydrogen-bond acceptors (Lipinski definition) is 3. The maximum atomic E-state index is 11.9. The number of carbonyl (C=O) groups is 1. The molecule has 2 aliphatic rings. The van der Waals surface area contributed by atoms with Crippen LogP contribution in [0.25, 0.3) is 0 Å². The van der Waals surface area contributed by atoms with E-state index in [0.29, 0.717) is 19.0 Å². The third-order valence-electron chi connectivity index (χ3n) is 3.36. The van der Waals surface area contributed by atoms with Gasteiger partial charge in [0.1, 0.15) is 6.04 Å². The van der Waals surface area contributed by atoms with Gasteiger partial charge >= 0.3 is 0 Å². The van der Waals surface area contributed by atoms with Crippen molar-refractivity contribution in [3.8, 4) is 6.07 Å². The molecule has 0 aromatic carbocycles. The van der Waals surface area contributed by atoms with Crippen LogP contribution in [0.4, 0.5) is 0 Å². The van der Waals surface area contributed by atoms with Crippen LogP contribution in [0.1, 0.15) is 33.1 Å². The Morgan fingerprint density at radius 1 is 1.56 bits per heavy atom. The lowest BCUT2D eigenvalue weighted by atomic mass is 9.93. The van der Waals surface area contributed by atoms with Gasteiger partial charge in [-0.05, 0) is 18.3 Å².